The highest BCUT2D eigenvalue weighted by Crippen LogP contribution is 2.34. The van der Waals surface area contributed by atoms with Crippen molar-refractivity contribution in [1.82, 2.24) is 9.97 Å². The zero-order chi connectivity index (χ0) is 21.8. The number of nitrogens with zero attached hydrogens (tertiary/aromatic N) is 2. The lowest BCUT2D eigenvalue weighted by Gasteiger charge is -2.09. The van der Waals surface area contributed by atoms with Gasteiger partial charge < -0.3 is 13.9 Å². The third-order valence-electron chi connectivity index (χ3n) is 4.28. The molecule has 0 aliphatic carbocycles. The van der Waals surface area contributed by atoms with Gasteiger partial charge in [-0.25, -0.2) is 18.4 Å². The highest BCUT2D eigenvalue weighted by atomic mass is 32.2. The molecule has 0 spiro atoms. The minimum atomic E-state index is -3.46. The molecule has 0 bridgehead atoms. The Bertz CT molecular complexity index is 1260. The van der Waals surface area contributed by atoms with E-state index in [-0.39, 0.29) is 11.5 Å². The number of benzene rings is 1. The van der Waals surface area contributed by atoms with Crippen molar-refractivity contribution < 1.29 is 22.3 Å². The third-order valence-corrected chi connectivity index (χ3v) is 7.55. The van der Waals surface area contributed by atoms with E-state index >= 15 is 0 Å². The minimum Gasteiger partial charge on any atom is -0.493 e. The molecule has 1 aromatic carbocycles. The van der Waals surface area contributed by atoms with Crippen LogP contribution in [-0.2, 0) is 21.3 Å². The van der Waals surface area contributed by atoms with Crippen LogP contribution in [0.15, 0.2) is 51.8 Å². The van der Waals surface area contributed by atoms with E-state index in [0.717, 1.165) is 10.4 Å². The molecule has 10 heteroatoms. The fraction of sp³-hybridized carbons (Fsp3) is 0.238. The summed E-state index contributed by atoms with van der Waals surface area (Å²) in [5.41, 5.74) is 1.72. The Balaban J connectivity index is 1.47. The van der Waals surface area contributed by atoms with Crippen LogP contribution in [0.3, 0.4) is 0 Å². The van der Waals surface area contributed by atoms with Crippen molar-refractivity contribution in [3.05, 3.63) is 58.7 Å². The third kappa shape index (κ3) is 5.15. The highest BCUT2D eigenvalue weighted by molar-refractivity contribution is 7.89. The number of thiazole rings is 1. The quantitative estimate of drug-likeness (QED) is 0.334. The Morgan fingerprint density at radius 1 is 1.06 bits per heavy atom. The number of hydrogen-bond acceptors (Lipinski definition) is 9. The number of aromatic nitrogens is 2. The predicted octanol–water partition coefficient (Wildman–Crippen LogP) is 5.05. The second-order valence-corrected chi connectivity index (χ2v) is 10.5. The monoisotopic (exact) mass is 476 g/mol. The van der Waals surface area contributed by atoms with Gasteiger partial charge in [-0.15, -0.1) is 22.7 Å². The molecule has 0 saturated carbocycles. The number of ether oxygens (including phenoxy) is 2. The van der Waals surface area contributed by atoms with Gasteiger partial charge in [0, 0.05) is 10.9 Å². The molecule has 0 amide bonds. The van der Waals surface area contributed by atoms with Crippen LogP contribution in [0.1, 0.15) is 18.3 Å². The summed E-state index contributed by atoms with van der Waals surface area (Å²) in [5, 5.41) is 4.39. The fourth-order valence-electron chi connectivity index (χ4n) is 2.97. The fourth-order valence-corrected chi connectivity index (χ4v) is 5.83. The maximum absolute atomic E-state index is 12.7. The largest absolute Gasteiger partial charge is 0.493 e. The molecule has 0 fully saturated rings. The van der Waals surface area contributed by atoms with Crippen LogP contribution >= 0.6 is 22.7 Å². The Morgan fingerprint density at radius 3 is 2.65 bits per heavy atom. The van der Waals surface area contributed by atoms with Crippen molar-refractivity contribution in [2.45, 2.75) is 18.4 Å². The number of methoxy groups -OCH3 is 1. The normalized spacial score (nSPS) is 11.5. The number of thiophene rings is 1. The summed E-state index contributed by atoms with van der Waals surface area (Å²) < 4.78 is 41.7. The van der Waals surface area contributed by atoms with E-state index in [4.69, 9.17) is 13.9 Å². The SMILES string of the molecule is CCOc1ccc(-c2nc(CS(=O)(=O)Cc3coc(-c4cccs4)n3)cs2)cc1OC. The van der Waals surface area contributed by atoms with Gasteiger partial charge in [-0.05, 0) is 36.6 Å². The molecule has 0 N–H and O–H groups in total. The molecule has 3 aromatic heterocycles. The molecule has 4 rings (SSSR count). The first-order valence-corrected chi connectivity index (χ1v) is 13.0. The van der Waals surface area contributed by atoms with Crippen molar-refractivity contribution in [1.29, 1.82) is 0 Å². The lowest BCUT2D eigenvalue weighted by molar-refractivity contribution is 0.311. The standard InChI is InChI=1S/C21H20N2O5S3/c1-3-27-17-7-6-14(9-18(17)26-2)21-23-16(11-30-21)13-31(24,25)12-15-10-28-20(22-15)19-5-4-8-29-19/h4-11H,3,12-13H2,1-2H3. The topological polar surface area (TPSA) is 91.5 Å². The van der Waals surface area contributed by atoms with Crippen LogP contribution in [0, 0.1) is 0 Å². The van der Waals surface area contributed by atoms with E-state index in [9.17, 15) is 8.42 Å². The van der Waals surface area contributed by atoms with Crippen LogP contribution < -0.4 is 9.47 Å². The van der Waals surface area contributed by atoms with E-state index in [1.165, 1.54) is 28.9 Å². The lowest BCUT2D eigenvalue weighted by atomic mass is 10.2. The van der Waals surface area contributed by atoms with E-state index < -0.39 is 9.84 Å². The maximum atomic E-state index is 12.7. The zero-order valence-corrected chi connectivity index (χ0v) is 19.4. The molecule has 7 nitrogen and oxygen atoms in total. The smallest absolute Gasteiger partial charge is 0.236 e. The predicted molar refractivity (Wildman–Crippen MR) is 121 cm³/mol. The average molecular weight is 477 g/mol. The van der Waals surface area contributed by atoms with Crippen LogP contribution in [0.25, 0.3) is 21.3 Å². The van der Waals surface area contributed by atoms with Gasteiger partial charge in [0.2, 0.25) is 5.89 Å². The second kappa shape index (κ2) is 9.21. The van der Waals surface area contributed by atoms with E-state index in [2.05, 4.69) is 9.97 Å². The molecule has 0 atom stereocenters. The van der Waals surface area contributed by atoms with Gasteiger partial charge in [-0.3, -0.25) is 0 Å². The van der Waals surface area contributed by atoms with E-state index in [0.29, 0.717) is 40.4 Å². The molecule has 0 saturated heterocycles. The molecule has 3 heterocycles. The molecule has 0 aliphatic heterocycles. The lowest BCUT2D eigenvalue weighted by Crippen LogP contribution is -2.08. The molecule has 4 aromatic rings. The Morgan fingerprint density at radius 2 is 1.90 bits per heavy atom. The number of oxazole rings is 1. The van der Waals surface area contributed by atoms with Crippen molar-refractivity contribution in [3.63, 3.8) is 0 Å². The number of hydrogen-bond donors (Lipinski definition) is 0. The summed E-state index contributed by atoms with van der Waals surface area (Å²) in [5.74, 6) is 1.32. The summed E-state index contributed by atoms with van der Waals surface area (Å²) in [6.07, 6.45) is 1.39. The summed E-state index contributed by atoms with van der Waals surface area (Å²) in [4.78, 5) is 9.66. The number of sulfone groups is 1. The average Bonchev–Trinajstić information content (AvgIpc) is 3.49. The van der Waals surface area contributed by atoms with Crippen molar-refractivity contribution in [2.75, 3.05) is 13.7 Å². The maximum Gasteiger partial charge on any atom is 0.236 e. The summed E-state index contributed by atoms with van der Waals surface area (Å²) in [6, 6.07) is 9.31. The molecule has 31 heavy (non-hydrogen) atoms. The molecule has 0 radical (unpaired) electrons. The van der Waals surface area contributed by atoms with Gasteiger partial charge >= 0.3 is 0 Å². The highest BCUT2D eigenvalue weighted by Gasteiger charge is 2.19. The minimum absolute atomic E-state index is 0.168. The Kier molecular flexibility index (Phi) is 6.40. The van der Waals surface area contributed by atoms with Crippen LogP contribution in [0.5, 0.6) is 11.5 Å². The Hall–Kier alpha value is -2.69. The summed E-state index contributed by atoms with van der Waals surface area (Å²) >= 11 is 2.87. The summed E-state index contributed by atoms with van der Waals surface area (Å²) in [7, 11) is -1.88. The van der Waals surface area contributed by atoms with Gasteiger partial charge in [-0.2, -0.15) is 0 Å². The van der Waals surface area contributed by atoms with E-state index in [1.807, 2.05) is 42.6 Å². The van der Waals surface area contributed by atoms with E-state index in [1.54, 1.807) is 12.5 Å². The molecular weight excluding hydrogens is 456 g/mol. The number of rotatable bonds is 9. The Labute approximate surface area is 188 Å². The second-order valence-electron chi connectivity index (χ2n) is 6.60. The van der Waals surface area contributed by atoms with Gasteiger partial charge in [-0.1, -0.05) is 6.07 Å². The van der Waals surface area contributed by atoms with Gasteiger partial charge in [0.1, 0.15) is 11.3 Å². The van der Waals surface area contributed by atoms with Crippen LogP contribution in [0.4, 0.5) is 0 Å². The van der Waals surface area contributed by atoms with Gasteiger partial charge in [0.05, 0.1) is 41.5 Å². The zero-order valence-electron chi connectivity index (χ0n) is 16.9. The van der Waals surface area contributed by atoms with Crippen molar-refractivity contribution >= 4 is 32.5 Å². The van der Waals surface area contributed by atoms with Crippen LogP contribution in [0.2, 0.25) is 0 Å². The molecule has 0 unspecified atom stereocenters. The van der Waals surface area contributed by atoms with Crippen LogP contribution in [-0.4, -0.2) is 32.1 Å². The molecule has 162 valence electrons. The summed E-state index contributed by atoms with van der Waals surface area (Å²) in [6.45, 7) is 2.44. The van der Waals surface area contributed by atoms with Gasteiger partial charge in [0.25, 0.3) is 0 Å². The molecular formula is C21H20N2O5S3. The first kappa shape index (κ1) is 21.5. The first-order chi connectivity index (χ1) is 15.0. The first-order valence-electron chi connectivity index (χ1n) is 9.41. The van der Waals surface area contributed by atoms with Crippen molar-refractivity contribution in [2.24, 2.45) is 0 Å². The van der Waals surface area contributed by atoms with Crippen molar-refractivity contribution in [3.8, 4) is 32.8 Å². The molecule has 0 aliphatic rings. The van der Waals surface area contributed by atoms with Gasteiger partial charge in [0.15, 0.2) is 21.3 Å².